The Hall–Kier alpha value is -0.680. The number of carbonyl (C=O) groups is 1. The number of thiocarbonyl (C=S) groups is 1. The highest BCUT2D eigenvalue weighted by molar-refractivity contribution is 7.80. The van der Waals surface area contributed by atoms with Crippen molar-refractivity contribution in [2.75, 3.05) is 6.61 Å². The van der Waals surface area contributed by atoms with Crippen LogP contribution in [-0.2, 0) is 9.53 Å². The van der Waals surface area contributed by atoms with Gasteiger partial charge in [0.15, 0.2) is 0 Å². The molecule has 1 aliphatic heterocycles. The minimum absolute atomic E-state index is 0.0125. The Morgan fingerprint density at radius 3 is 2.69 bits per heavy atom. The number of amides is 1. The molecule has 3 atom stereocenters. The Morgan fingerprint density at radius 1 is 1.69 bits per heavy atom. The number of rotatable bonds is 4. The molecule has 1 saturated heterocycles. The van der Waals surface area contributed by atoms with Crippen molar-refractivity contribution in [3.63, 3.8) is 0 Å². The number of nitrogens with one attached hydrogen (secondary N) is 1. The first-order valence-corrected chi connectivity index (χ1v) is 6.03. The molecule has 4 nitrogen and oxygen atoms in total. The lowest BCUT2D eigenvalue weighted by Gasteiger charge is -2.29. The van der Waals surface area contributed by atoms with E-state index in [0.29, 0.717) is 18.0 Å². The van der Waals surface area contributed by atoms with Gasteiger partial charge in [-0.2, -0.15) is 0 Å². The molecule has 5 heteroatoms. The van der Waals surface area contributed by atoms with Gasteiger partial charge >= 0.3 is 0 Å². The maximum Gasteiger partial charge on any atom is 0.226 e. The molecule has 92 valence electrons. The second kappa shape index (κ2) is 5.10. The fourth-order valence-corrected chi connectivity index (χ4v) is 1.89. The molecule has 0 aromatic rings. The lowest BCUT2D eigenvalue weighted by Crippen LogP contribution is -2.55. The van der Waals surface area contributed by atoms with E-state index in [1.807, 2.05) is 20.8 Å². The SMILES string of the molecule is CCC(C)(NC(=O)C1COC(C)C1)C(N)=S. The van der Waals surface area contributed by atoms with Gasteiger partial charge in [0.25, 0.3) is 0 Å². The maximum atomic E-state index is 12.0. The van der Waals surface area contributed by atoms with Crippen LogP contribution in [0.25, 0.3) is 0 Å². The molecule has 0 aromatic heterocycles. The van der Waals surface area contributed by atoms with Gasteiger partial charge in [0, 0.05) is 0 Å². The molecule has 0 radical (unpaired) electrons. The highest BCUT2D eigenvalue weighted by Crippen LogP contribution is 2.20. The predicted octanol–water partition coefficient (Wildman–Crippen LogP) is 0.982. The summed E-state index contributed by atoms with van der Waals surface area (Å²) in [5, 5.41) is 2.92. The summed E-state index contributed by atoms with van der Waals surface area (Å²) < 4.78 is 5.37. The van der Waals surface area contributed by atoms with Crippen LogP contribution in [0, 0.1) is 5.92 Å². The molecular weight excluding hydrogens is 224 g/mol. The summed E-state index contributed by atoms with van der Waals surface area (Å²) in [7, 11) is 0. The molecule has 3 N–H and O–H groups in total. The Labute approximate surface area is 102 Å². The highest BCUT2D eigenvalue weighted by atomic mass is 32.1. The predicted molar refractivity (Wildman–Crippen MR) is 67.1 cm³/mol. The van der Waals surface area contributed by atoms with E-state index in [4.69, 9.17) is 22.7 Å². The molecule has 3 unspecified atom stereocenters. The molecule has 1 aliphatic rings. The van der Waals surface area contributed by atoms with E-state index >= 15 is 0 Å². The van der Waals surface area contributed by atoms with Crippen molar-refractivity contribution in [1.82, 2.24) is 5.32 Å². The average Bonchev–Trinajstić information content (AvgIpc) is 2.64. The third kappa shape index (κ3) is 2.92. The van der Waals surface area contributed by atoms with Crippen LogP contribution in [0.5, 0.6) is 0 Å². The fourth-order valence-electron chi connectivity index (χ4n) is 1.70. The number of hydrogen-bond donors (Lipinski definition) is 2. The summed E-state index contributed by atoms with van der Waals surface area (Å²) in [6.45, 7) is 6.27. The molecular formula is C11H20N2O2S. The highest BCUT2D eigenvalue weighted by Gasteiger charge is 2.34. The molecule has 1 fully saturated rings. The van der Waals surface area contributed by atoms with E-state index in [-0.39, 0.29) is 17.9 Å². The average molecular weight is 244 g/mol. The zero-order valence-electron chi connectivity index (χ0n) is 10.1. The van der Waals surface area contributed by atoms with Crippen LogP contribution in [0.4, 0.5) is 0 Å². The fraction of sp³-hybridized carbons (Fsp3) is 0.818. The van der Waals surface area contributed by atoms with Crippen LogP contribution >= 0.6 is 12.2 Å². The number of ether oxygens (including phenoxy) is 1. The third-order valence-electron chi connectivity index (χ3n) is 3.22. The van der Waals surface area contributed by atoms with E-state index in [0.717, 1.165) is 6.42 Å². The topological polar surface area (TPSA) is 64.3 Å². The summed E-state index contributed by atoms with van der Waals surface area (Å²) in [4.78, 5) is 12.3. The van der Waals surface area contributed by atoms with Crippen LogP contribution in [0.3, 0.4) is 0 Å². The van der Waals surface area contributed by atoms with Gasteiger partial charge in [-0.05, 0) is 26.7 Å². The number of hydrogen-bond acceptors (Lipinski definition) is 3. The van der Waals surface area contributed by atoms with Gasteiger partial charge in [-0.1, -0.05) is 19.1 Å². The second-order valence-corrected chi connectivity index (χ2v) is 5.06. The van der Waals surface area contributed by atoms with Crippen molar-refractivity contribution in [2.24, 2.45) is 11.7 Å². The van der Waals surface area contributed by atoms with Gasteiger partial charge in [0.1, 0.15) is 0 Å². The lowest BCUT2D eigenvalue weighted by molar-refractivity contribution is -0.126. The maximum absolute atomic E-state index is 12.0. The standard InChI is InChI=1S/C11H20N2O2S/c1-4-11(3,10(12)16)13-9(14)8-5-7(2)15-6-8/h7-8H,4-6H2,1-3H3,(H2,12,16)(H,13,14). The van der Waals surface area contributed by atoms with Crippen LogP contribution < -0.4 is 11.1 Å². The summed E-state index contributed by atoms with van der Waals surface area (Å²) in [5.74, 6) is -0.0864. The van der Waals surface area contributed by atoms with Crippen molar-refractivity contribution in [1.29, 1.82) is 0 Å². The van der Waals surface area contributed by atoms with Crippen molar-refractivity contribution < 1.29 is 9.53 Å². The zero-order chi connectivity index (χ0) is 12.3. The summed E-state index contributed by atoms with van der Waals surface area (Å²) in [5.41, 5.74) is 5.06. The molecule has 0 spiro atoms. The van der Waals surface area contributed by atoms with E-state index in [9.17, 15) is 4.79 Å². The van der Waals surface area contributed by atoms with Crippen molar-refractivity contribution in [3.8, 4) is 0 Å². The molecule has 16 heavy (non-hydrogen) atoms. The smallest absolute Gasteiger partial charge is 0.226 e. The normalized spacial score (nSPS) is 28.4. The summed E-state index contributed by atoms with van der Waals surface area (Å²) in [6.07, 6.45) is 1.62. The van der Waals surface area contributed by atoms with Crippen molar-refractivity contribution in [2.45, 2.75) is 45.3 Å². The minimum Gasteiger partial charge on any atom is -0.391 e. The number of carbonyl (C=O) groups excluding carboxylic acids is 1. The molecule has 0 aliphatic carbocycles. The van der Waals surface area contributed by atoms with E-state index in [1.54, 1.807) is 0 Å². The van der Waals surface area contributed by atoms with Gasteiger partial charge in [0.05, 0.1) is 29.2 Å². The van der Waals surface area contributed by atoms with Gasteiger partial charge in [-0.25, -0.2) is 0 Å². The van der Waals surface area contributed by atoms with E-state index in [1.165, 1.54) is 0 Å². The monoisotopic (exact) mass is 244 g/mol. The lowest BCUT2D eigenvalue weighted by atomic mass is 9.96. The van der Waals surface area contributed by atoms with Gasteiger partial charge in [-0.15, -0.1) is 0 Å². The van der Waals surface area contributed by atoms with Crippen LogP contribution in [0.15, 0.2) is 0 Å². The van der Waals surface area contributed by atoms with Crippen LogP contribution in [0.2, 0.25) is 0 Å². The number of nitrogens with two attached hydrogens (primary N) is 1. The molecule has 1 rings (SSSR count). The van der Waals surface area contributed by atoms with Gasteiger partial charge in [-0.3, -0.25) is 4.79 Å². The first-order valence-electron chi connectivity index (χ1n) is 5.62. The third-order valence-corrected chi connectivity index (χ3v) is 3.67. The quantitative estimate of drug-likeness (QED) is 0.724. The first-order chi connectivity index (χ1) is 7.39. The van der Waals surface area contributed by atoms with E-state index < -0.39 is 5.54 Å². The Balaban J connectivity index is 2.59. The zero-order valence-corrected chi connectivity index (χ0v) is 10.9. The van der Waals surface area contributed by atoms with Gasteiger partial charge < -0.3 is 15.8 Å². The van der Waals surface area contributed by atoms with Crippen molar-refractivity contribution in [3.05, 3.63) is 0 Å². The molecule has 0 saturated carbocycles. The summed E-state index contributed by atoms with van der Waals surface area (Å²) >= 11 is 4.98. The van der Waals surface area contributed by atoms with Crippen LogP contribution in [-0.4, -0.2) is 29.1 Å². The second-order valence-electron chi connectivity index (χ2n) is 4.62. The van der Waals surface area contributed by atoms with Crippen molar-refractivity contribution >= 4 is 23.1 Å². The van der Waals surface area contributed by atoms with Gasteiger partial charge in [0.2, 0.25) is 5.91 Å². The largest absolute Gasteiger partial charge is 0.391 e. The summed E-state index contributed by atoms with van der Waals surface area (Å²) in [6, 6.07) is 0. The van der Waals surface area contributed by atoms with E-state index in [2.05, 4.69) is 5.32 Å². The molecule has 0 aromatic carbocycles. The van der Waals surface area contributed by atoms with Crippen LogP contribution in [0.1, 0.15) is 33.6 Å². The Bertz CT molecular complexity index is 296. The first kappa shape index (κ1) is 13.4. The molecule has 1 heterocycles. The molecule has 1 amide bonds. The Kier molecular flexibility index (Phi) is 4.27. The molecule has 0 bridgehead atoms. The minimum atomic E-state index is -0.585. The Morgan fingerprint density at radius 2 is 2.31 bits per heavy atom.